The van der Waals surface area contributed by atoms with Gasteiger partial charge in [-0.3, -0.25) is 0 Å². The number of carbonyl (C=O) groups is 2. The van der Waals surface area contributed by atoms with E-state index in [1.807, 2.05) is 0 Å². The number of hydrogen-bond acceptors (Lipinski definition) is 7. The lowest BCUT2D eigenvalue weighted by molar-refractivity contribution is -0.185. The number of aromatic carboxylic acids is 1. The van der Waals surface area contributed by atoms with Gasteiger partial charge in [0, 0.05) is 30.3 Å². The Morgan fingerprint density at radius 2 is 1.52 bits per heavy atom. The summed E-state index contributed by atoms with van der Waals surface area (Å²) in [5.41, 5.74) is 12.0. The topological polar surface area (TPSA) is 134 Å². The Balaban J connectivity index is 1.49. The fourth-order valence-electron chi connectivity index (χ4n) is 3.72. The summed E-state index contributed by atoms with van der Waals surface area (Å²) >= 11 is 0. The number of nitrogens with two attached hydrogens (primary N) is 2. The summed E-state index contributed by atoms with van der Waals surface area (Å²) < 4.78 is 80.8. The molecule has 0 aliphatic rings. The molecule has 0 amide bonds. The van der Waals surface area contributed by atoms with Crippen LogP contribution in [0.5, 0.6) is 11.5 Å². The summed E-state index contributed by atoms with van der Waals surface area (Å²) in [5, 5.41) is 9.32. The molecule has 42 heavy (non-hydrogen) atoms. The second kappa shape index (κ2) is 13.7. The highest BCUT2D eigenvalue weighted by Crippen LogP contribution is 2.33. The van der Waals surface area contributed by atoms with E-state index in [1.54, 1.807) is 0 Å². The Morgan fingerprint density at radius 1 is 0.881 bits per heavy atom. The van der Waals surface area contributed by atoms with E-state index in [9.17, 15) is 36.6 Å². The highest BCUT2D eigenvalue weighted by Gasteiger charge is 2.34. The molecule has 3 aromatic carbocycles. The standard InChI is InChI=1S/C29H27F5N2O6/c30-28(31,32)13-1-14-40-21-9-5-19(6-10-21)29(33,34)42-22-7-2-18(3-8-22)4-11-26(37)41-15-12-23-24(27(38)39)16-20(35)17-25(23)36/h2-11,16-17H,1,12-15,35-36H2,(H,38,39). The van der Waals surface area contributed by atoms with Gasteiger partial charge in [-0.05, 0) is 72.2 Å². The number of benzene rings is 3. The first-order valence-corrected chi connectivity index (χ1v) is 12.5. The van der Waals surface area contributed by atoms with Crippen LogP contribution in [-0.2, 0) is 22.1 Å². The number of nitrogen functional groups attached to an aromatic ring is 2. The van der Waals surface area contributed by atoms with Crippen molar-refractivity contribution in [1.29, 1.82) is 0 Å². The molecule has 0 atom stereocenters. The average molecular weight is 595 g/mol. The quantitative estimate of drug-likeness (QED) is 0.0701. The van der Waals surface area contributed by atoms with Gasteiger partial charge < -0.3 is 30.8 Å². The lowest BCUT2D eigenvalue weighted by Gasteiger charge is -2.18. The Morgan fingerprint density at radius 3 is 2.14 bits per heavy atom. The zero-order chi connectivity index (χ0) is 30.9. The third kappa shape index (κ3) is 9.68. The number of anilines is 2. The van der Waals surface area contributed by atoms with Crippen LogP contribution in [-0.4, -0.2) is 36.4 Å². The van der Waals surface area contributed by atoms with Crippen LogP contribution >= 0.6 is 0 Å². The predicted molar refractivity (Wildman–Crippen MR) is 144 cm³/mol. The smallest absolute Gasteiger partial charge is 0.426 e. The van der Waals surface area contributed by atoms with E-state index in [0.717, 1.165) is 18.2 Å². The fourth-order valence-corrected chi connectivity index (χ4v) is 3.72. The number of carboxylic acid groups (broad SMARTS) is 1. The Hall–Kier alpha value is -4.81. The van der Waals surface area contributed by atoms with Crippen LogP contribution in [0.2, 0.25) is 0 Å². The van der Waals surface area contributed by atoms with Gasteiger partial charge in [0.05, 0.1) is 24.3 Å². The van der Waals surface area contributed by atoms with Crippen molar-refractivity contribution in [3.63, 3.8) is 0 Å². The second-order valence-corrected chi connectivity index (χ2v) is 8.97. The molecule has 13 heteroatoms. The highest BCUT2D eigenvalue weighted by molar-refractivity contribution is 5.92. The molecular weight excluding hydrogens is 567 g/mol. The zero-order valence-corrected chi connectivity index (χ0v) is 22.0. The lowest BCUT2D eigenvalue weighted by atomic mass is 10.0. The SMILES string of the molecule is Nc1cc(N)c(CCOC(=O)C=Cc2ccc(OC(F)(F)c3ccc(OCCCC(F)(F)F)cc3)cc2)c(C(=O)O)c1. The van der Waals surface area contributed by atoms with Gasteiger partial charge in [-0.15, -0.1) is 0 Å². The molecule has 3 aromatic rings. The van der Waals surface area contributed by atoms with Crippen LogP contribution in [0, 0.1) is 0 Å². The van der Waals surface area contributed by atoms with E-state index >= 15 is 0 Å². The van der Waals surface area contributed by atoms with Crippen LogP contribution in [0.15, 0.2) is 66.7 Å². The van der Waals surface area contributed by atoms with Crippen molar-refractivity contribution in [3.8, 4) is 11.5 Å². The van der Waals surface area contributed by atoms with Gasteiger partial charge in [0.15, 0.2) is 0 Å². The first-order valence-electron chi connectivity index (χ1n) is 12.5. The number of carboxylic acids is 1. The zero-order valence-electron chi connectivity index (χ0n) is 22.0. The third-order valence-electron chi connectivity index (χ3n) is 5.74. The van der Waals surface area contributed by atoms with E-state index in [2.05, 4.69) is 0 Å². The molecule has 0 spiro atoms. The number of alkyl halides is 5. The molecule has 0 fully saturated rings. The van der Waals surface area contributed by atoms with Crippen LogP contribution in [0.3, 0.4) is 0 Å². The average Bonchev–Trinajstić information content (AvgIpc) is 2.91. The molecule has 0 saturated carbocycles. The first kappa shape index (κ1) is 31.7. The summed E-state index contributed by atoms with van der Waals surface area (Å²) in [7, 11) is 0. The third-order valence-corrected chi connectivity index (χ3v) is 5.74. The summed E-state index contributed by atoms with van der Waals surface area (Å²) in [4.78, 5) is 23.5. The number of hydrogen-bond donors (Lipinski definition) is 3. The molecule has 8 nitrogen and oxygen atoms in total. The van der Waals surface area contributed by atoms with E-state index in [0.29, 0.717) is 5.56 Å². The molecule has 224 valence electrons. The molecule has 0 aliphatic carbocycles. The molecule has 0 heterocycles. The molecule has 0 unspecified atom stereocenters. The minimum atomic E-state index is -4.29. The van der Waals surface area contributed by atoms with Crippen molar-refractivity contribution < 1.29 is 50.9 Å². The van der Waals surface area contributed by atoms with E-state index in [1.165, 1.54) is 54.6 Å². The van der Waals surface area contributed by atoms with Crippen LogP contribution in [0.1, 0.15) is 39.9 Å². The number of ether oxygens (including phenoxy) is 3. The Kier molecular flexibility index (Phi) is 10.3. The monoisotopic (exact) mass is 594 g/mol. The van der Waals surface area contributed by atoms with Gasteiger partial charge in [-0.2, -0.15) is 22.0 Å². The molecule has 5 N–H and O–H groups in total. The maximum Gasteiger partial charge on any atom is 0.426 e. The fraction of sp³-hybridized carbons (Fsp3) is 0.241. The van der Waals surface area contributed by atoms with Crippen molar-refractivity contribution >= 4 is 29.4 Å². The van der Waals surface area contributed by atoms with Crippen molar-refractivity contribution in [2.75, 3.05) is 24.7 Å². The van der Waals surface area contributed by atoms with Gasteiger partial charge in [-0.1, -0.05) is 12.1 Å². The van der Waals surface area contributed by atoms with Crippen molar-refractivity contribution in [2.45, 2.75) is 31.5 Å². The van der Waals surface area contributed by atoms with Crippen LogP contribution < -0.4 is 20.9 Å². The molecule has 0 aliphatic heterocycles. The van der Waals surface area contributed by atoms with Gasteiger partial charge in [0.2, 0.25) is 0 Å². The summed E-state index contributed by atoms with van der Waals surface area (Å²) in [6.45, 7) is -0.360. The largest absolute Gasteiger partial charge is 0.494 e. The van der Waals surface area contributed by atoms with Crippen molar-refractivity contribution in [2.24, 2.45) is 0 Å². The Bertz CT molecular complexity index is 1410. The van der Waals surface area contributed by atoms with Gasteiger partial charge in [0.25, 0.3) is 0 Å². The van der Waals surface area contributed by atoms with E-state index in [-0.39, 0.29) is 60.1 Å². The second-order valence-electron chi connectivity index (χ2n) is 8.97. The number of halogens is 5. The number of carbonyl (C=O) groups excluding carboxylic acids is 1. The Labute approximate surface area is 237 Å². The predicted octanol–water partition coefficient (Wildman–Crippen LogP) is 6.20. The lowest BCUT2D eigenvalue weighted by Crippen LogP contribution is -2.21. The highest BCUT2D eigenvalue weighted by atomic mass is 19.4. The molecular formula is C29H27F5N2O6. The van der Waals surface area contributed by atoms with Gasteiger partial charge in [-0.25, -0.2) is 9.59 Å². The summed E-state index contributed by atoms with van der Waals surface area (Å²) in [6, 6.07) is 12.6. The van der Waals surface area contributed by atoms with E-state index < -0.39 is 36.2 Å². The molecule has 0 saturated heterocycles. The molecule has 0 radical (unpaired) electrons. The number of rotatable bonds is 13. The minimum Gasteiger partial charge on any atom is -0.494 e. The number of esters is 1. The van der Waals surface area contributed by atoms with Crippen LogP contribution in [0.4, 0.5) is 33.3 Å². The normalized spacial score (nSPS) is 11.8. The van der Waals surface area contributed by atoms with Gasteiger partial charge >= 0.3 is 24.2 Å². The maximum atomic E-state index is 14.6. The summed E-state index contributed by atoms with van der Waals surface area (Å²) in [6.07, 6.45) is -6.73. The van der Waals surface area contributed by atoms with Crippen molar-refractivity contribution in [1.82, 2.24) is 0 Å². The summed E-state index contributed by atoms with van der Waals surface area (Å²) in [5.74, 6) is -1.96. The molecule has 3 rings (SSSR count). The first-order chi connectivity index (χ1) is 19.7. The molecule has 0 aromatic heterocycles. The minimum absolute atomic E-state index is 0.0469. The molecule has 0 bridgehead atoms. The van der Waals surface area contributed by atoms with Crippen LogP contribution in [0.25, 0.3) is 6.08 Å². The maximum absolute atomic E-state index is 14.6. The van der Waals surface area contributed by atoms with Crippen molar-refractivity contribution in [3.05, 3.63) is 89.0 Å². The van der Waals surface area contributed by atoms with Gasteiger partial charge in [0.1, 0.15) is 11.5 Å². The van der Waals surface area contributed by atoms with E-state index in [4.69, 9.17) is 25.7 Å².